The Bertz CT molecular complexity index is 426. The highest BCUT2D eigenvalue weighted by atomic mass is 16.5. The van der Waals surface area contributed by atoms with Crippen LogP contribution in [0.1, 0.15) is 35.3 Å². The largest absolute Gasteiger partial charge is 0.462 e. The number of hydrogen-bond donors (Lipinski definition) is 0. The first kappa shape index (κ1) is 13.2. The highest BCUT2D eigenvalue weighted by molar-refractivity contribution is 5.90. The lowest BCUT2D eigenvalue weighted by Gasteiger charge is -2.11. The van der Waals surface area contributed by atoms with Crippen molar-refractivity contribution in [2.24, 2.45) is 0 Å². The lowest BCUT2D eigenvalue weighted by atomic mass is 10.1. The maximum atomic E-state index is 11.6. The van der Waals surface area contributed by atoms with Crippen molar-refractivity contribution in [2.45, 2.75) is 27.7 Å². The van der Waals surface area contributed by atoms with Crippen molar-refractivity contribution in [3.63, 3.8) is 0 Å². The Morgan fingerprint density at radius 2 is 1.71 bits per heavy atom. The van der Waals surface area contributed by atoms with Gasteiger partial charge in [-0.1, -0.05) is 0 Å². The molecule has 0 aliphatic heterocycles. The van der Waals surface area contributed by atoms with Crippen LogP contribution in [0.5, 0.6) is 5.75 Å². The Labute approximate surface area is 101 Å². The molecule has 92 valence electrons. The van der Waals surface area contributed by atoms with Crippen molar-refractivity contribution in [3.05, 3.63) is 28.8 Å². The molecule has 0 aliphatic carbocycles. The van der Waals surface area contributed by atoms with Crippen molar-refractivity contribution >= 4 is 11.9 Å². The van der Waals surface area contributed by atoms with Crippen LogP contribution in [0.2, 0.25) is 0 Å². The van der Waals surface area contributed by atoms with E-state index in [-0.39, 0.29) is 11.9 Å². The highest BCUT2D eigenvalue weighted by Gasteiger charge is 2.13. The van der Waals surface area contributed by atoms with Gasteiger partial charge in [0.1, 0.15) is 5.75 Å². The summed E-state index contributed by atoms with van der Waals surface area (Å²) in [5.74, 6) is -0.237. The monoisotopic (exact) mass is 236 g/mol. The van der Waals surface area contributed by atoms with E-state index < -0.39 is 0 Å². The normalized spacial score (nSPS) is 9.88. The van der Waals surface area contributed by atoms with E-state index in [4.69, 9.17) is 9.47 Å². The number of esters is 2. The van der Waals surface area contributed by atoms with Gasteiger partial charge in [0.15, 0.2) is 0 Å². The van der Waals surface area contributed by atoms with Gasteiger partial charge in [0, 0.05) is 6.92 Å². The summed E-state index contributed by atoms with van der Waals surface area (Å²) < 4.78 is 9.99. The smallest absolute Gasteiger partial charge is 0.338 e. The SMILES string of the molecule is CCOC(=O)c1cc(C)c(OC(C)=O)c(C)c1. The van der Waals surface area contributed by atoms with Gasteiger partial charge in [0.05, 0.1) is 12.2 Å². The third kappa shape index (κ3) is 3.31. The van der Waals surface area contributed by atoms with Crippen LogP contribution in [0.15, 0.2) is 12.1 Å². The van der Waals surface area contributed by atoms with Crippen LogP contribution in [-0.4, -0.2) is 18.5 Å². The molecule has 0 radical (unpaired) electrons. The first-order valence-electron chi connectivity index (χ1n) is 5.42. The Hall–Kier alpha value is -1.84. The van der Waals surface area contributed by atoms with E-state index in [9.17, 15) is 9.59 Å². The molecule has 0 aliphatic rings. The molecule has 0 amide bonds. The van der Waals surface area contributed by atoms with Crippen molar-refractivity contribution in [1.82, 2.24) is 0 Å². The molecule has 0 aromatic heterocycles. The minimum absolute atomic E-state index is 0.336. The number of carbonyl (C=O) groups excluding carboxylic acids is 2. The summed E-state index contributed by atoms with van der Waals surface area (Å²) in [4.78, 5) is 22.5. The summed E-state index contributed by atoms with van der Waals surface area (Å²) in [7, 11) is 0. The number of hydrogen-bond acceptors (Lipinski definition) is 4. The van der Waals surface area contributed by atoms with Crippen LogP contribution in [0.3, 0.4) is 0 Å². The number of ether oxygens (including phenoxy) is 2. The molecule has 0 fully saturated rings. The maximum absolute atomic E-state index is 11.6. The average Bonchev–Trinajstić information content (AvgIpc) is 2.23. The van der Waals surface area contributed by atoms with Gasteiger partial charge in [-0.05, 0) is 44.0 Å². The fraction of sp³-hybridized carbons (Fsp3) is 0.385. The topological polar surface area (TPSA) is 52.6 Å². The molecule has 0 N–H and O–H groups in total. The van der Waals surface area contributed by atoms with E-state index in [2.05, 4.69) is 0 Å². The predicted octanol–water partition coefficient (Wildman–Crippen LogP) is 2.41. The Balaban J connectivity index is 3.09. The van der Waals surface area contributed by atoms with E-state index in [0.29, 0.717) is 17.9 Å². The van der Waals surface area contributed by atoms with Crippen LogP contribution in [0.25, 0.3) is 0 Å². The predicted molar refractivity (Wildman–Crippen MR) is 63.2 cm³/mol. The lowest BCUT2D eigenvalue weighted by molar-refractivity contribution is -0.131. The van der Waals surface area contributed by atoms with Gasteiger partial charge in [0.25, 0.3) is 0 Å². The number of benzene rings is 1. The van der Waals surface area contributed by atoms with Crippen LogP contribution in [-0.2, 0) is 9.53 Å². The quantitative estimate of drug-likeness (QED) is 0.597. The standard InChI is InChI=1S/C13H16O4/c1-5-16-13(15)11-6-8(2)12(9(3)7-11)17-10(4)14/h6-7H,5H2,1-4H3. The molecule has 0 spiro atoms. The molecular weight excluding hydrogens is 220 g/mol. The van der Waals surface area contributed by atoms with Crippen molar-refractivity contribution < 1.29 is 19.1 Å². The summed E-state index contributed by atoms with van der Waals surface area (Å²) in [6.07, 6.45) is 0. The fourth-order valence-electron chi connectivity index (χ4n) is 1.59. The molecule has 1 aromatic carbocycles. The Morgan fingerprint density at radius 1 is 1.18 bits per heavy atom. The summed E-state index contributed by atoms with van der Waals surface area (Å²) in [6, 6.07) is 3.31. The van der Waals surface area contributed by atoms with Crippen molar-refractivity contribution in [2.75, 3.05) is 6.61 Å². The third-order valence-corrected chi connectivity index (χ3v) is 2.22. The molecule has 4 nitrogen and oxygen atoms in total. The van der Waals surface area contributed by atoms with E-state index in [1.54, 1.807) is 32.9 Å². The van der Waals surface area contributed by atoms with Gasteiger partial charge in [-0.2, -0.15) is 0 Å². The molecule has 0 atom stereocenters. The fourth-order valence-corrected chi connectivity index (χ4v) is 1.59. The number of aryl methyl sites for hydroxylation is 2. The summed E-state index contributed by atoms with van der Waals surface area (Å²) in [5, 5.41) is 0. The van der Waals surface area contributed by atoms with Gasteiger partial charge in [-0.15, -0.1) is 0 Å². The zero-order chi connectivity index (χ0) is 13.0. The number of rotatable bonds is 3. The van der Waals surface area contributed by atoms with Gasteiger partial charge in [-0.3, -0.25) is 4.79 Å². The molecule has 0 bridgehead atoms. The molecule has 0 saturated carbocycles. The van der Waals surface area contributed by atoms with E-state index in [1.165, 1.54) is 6.92 Å². The second kappa shape index (κ2) is 5.48. The summed E-state index contributed by atoms with van der Waals surface area (Å²) in [6.45, 7) is 7.01. The zero-order valence-corrected chi connectivity index (χ0v) is 10.5. The van der Waals surface area contributed by atoms with Gasteiger partial charge in [0.2, 0.25) is 0 Å². The third-order valence-electron chi connectivity index (χ3n) is 2.22. The van der Waals surface area contributed by atoms with Gasteiger partial charge >= 0.3 is 11.9 Å². The summed E-state index contributed by atoms with van der Waals surface area (Å²) in [5.41, 5.74) is 1.95. The molecule has 0 unspecified atom stereocenters. The number of carbonyl (C=O) groups is 2. The molecule has 0 heterocycles. The molecule has 4 heteroatoms. The minimum Gasteiger partial charge on any atom is -0.462 e. The molecule has 17 heavy (non-hydrogen) atoms. The van der Waals surface area contributed by atoms with E-state index in [1.807, 2.05) is 0 Å². The molecule has 1 rings (SSSR count). The van der Waals surface area contributed by atoms with Gasteiger partial charge < -0.3 is 9.47 Å². The average molecular weight is 236 g/mol. The lowest BCUT2D eigenvalue weighted by Crippen LogP contribution is -2.08. The van der Waals surface area contributed by atoms with Crippen molar-refractivity contribution in [3.8, 4) is 5.75 Å². The second-order valence-electron chi connectivity index (χ2n) is 3.75. The van der Waals surface area contributed by atoms with E-state index in [0.717, 1.165) is 11.1 Å². The Morgan fingerprint density at radius 3 is 2.12 bits per heavy atom. The minimum atomic E-state index is -0.375. The molecular formula is C13H16O4. The Kier molecular flexibility index (Phi) is 4.26. The van der Waals surface area contributed by atoms with Crippen molar-refractivity contribution in [1.29, 1.82) is 0 Å². The first-order chi connectivity index (χ1) is 7.95. The van der Waals surface area contributed by atoms with Crippen LogP contribution >= 0.6 is 0 Å². The zero-order valence-electron chi connectivity index (χ0n) is 10.5. The second-order valence-corrected chi connectivity index (χ2v) is 3.75. The molecule has 0 saturated heterocycles. The van der Waals surface area contributed by atoms with Crippen LogP contribution < -0.4 is 4.74 Å². The van der Waals surface area contributed by atoms with Gasteiger partial charge in [-0.25, -0.2) is 4.79 Å². The first-order valence-corrected chi connectivity index (χ1v) is 5.42. The highest BCUT2D eigenvalue weighted by Crippen LogP contribution is 2.25. The molecule has 1 aromatic rings. The maximum Gasteiger partial charge on any atom is 0.338 e. The van der Waals surface area contributed by atoms with Crippen LogP contribution in [0, 0.1) is 13.8 Å². The van der Waals surface area contributed by atoms with E-state index >= 15 is 0 Å². The van der Waals surface area contributed by atoms with Crippen LogP contribution in [0.4, 0.5) is 0 Å². The summed E-state index contributed by atoms with van der Waals surface area (Å²) >= 11 is 0.